The minimum atomic E-state index is -0.594. The van der Waals surface area contributed by atoms with Crippen molar-refractivity contribution in [2.75, 3.05) is 12.0 Å². The number of benzene rings is 1. The molecule has 2 amide bonds. The fourth-order valence-corrected chi connectivity index (χ4v) is 2.51. The molecule has 1 aromatic heterocycles. The van der Waals surface area contributed by atoms with Crippen LogP contribution >= 0.6 is 11.6 Å². The molecule has 6 nitrogen and oxygen atoms in total. The van der Waals surface area contributed by atoms with Crippen molar-refractivity contribution >= 4 is 29.1 Å². The van der Waals surface area contributed by atoms with Gasteiger partial charge in [0.05, 0.1) is 25.6 Å². The lowest BCUT2D eigenvalue weighted by Crippen LogP contribution is -2.33. The maximum Gasteiger partial charge on any atom is 0.283 e. The number of amides is 2. The van der Waals surface area contributed by atoms with Crippen LogP contribution in [0.5, 0.6) is 5.75 Å². The molecule has 7 heteroatoms. The van der Waals surface area contributed by atoms with Gasteiger partial charge in [-0.2, -0.15) is 0 Å². The third kappa shape index (κ3) is 2.68. The van der Waals surface area contributed by atoms with Crippen molar-refractivity contribution < 1.29 is 18.7 Å². The van der Waals surface area contributed by atoms with Crippen LogP contribution in [0.25, 0.3) is 0 Å². The number of nitrogens with one attached hydrogen (secondary N) is 1. The normalized spacial score (nSPS) is 14.6. The Morgan fingerprint density at radius 3 is 2.65 bits per heavy atom. The summed E-state index contributed by atoms with van der Waals surface area (Å²) < 4.78 is 10.4. The minimum absolute atomic E-state index is 0.0407. The van der Waals surface area contributed by atoms with E-state index in [1.165, 1.54) is 13.4 Å². The molecule has 0 saturated carbocycles. The summed E-state index contributed by atoms with van der Waals surface area (Å²) in [7, 11) is 1.47. The highest BCUT2D eigenvalue weighted by atomic mass is 35.5. The molecule has 0 spiro atoms. The fourth-order valence-electron chi connectivity index (χ4n) is 2.28. The molecule has 1 aromatic carbocycles. The molecule has 3 rings (SSSR count). The van der Waals surface area contributed by atoms with E-state index in [9.17, 15) is 9.59 Å². The number of rotatable bonds is 5. The summed E-state index contributed by atoms with van der Waals surface area (Å²) in [6.45, 7) is 0.247. The highest BCUT2D eigenvalue weighted by Crippen LogP contribution is 2.34. The lowest BCUT2D eigenvalue weighted by atomic mass is 10.2. The van der Waals surface area contributed by atoms with Gasteiger partial charge in [0.25, 0.3) is 11.8 Å². The van der Waals surface area contributed by atoms with Crippen molar-refractivity contribution in [1.82, 2.24) is 5.32 Å². The quantitative estimate of drug-likeness (QED) is 0.851. The van der Waals surface area contributed by atoms with Gasteiger partial charge >= 0.3 is 0 Å². The highest BCUT2D eigenvalue weighted by molar-refractivity contribution is 6.52. The van der Waals surface area contributed by atoms with Gasteiger partial charge in [-0.05, 0) is 24.3 Å². The van der Waals surface area contributed by atoms with E-state index in [2.05, 4.69) is 5.32 Å². The lowest BCUT2D eigenvalue weighted by molar-refractivity contribution is -0.120. The summed E-state index contributed by atoms with van der Waals surface area (Å²) in [5, 5.41) is 2.69. The van der Waals surface area contributed by atoms with Crippen LogP contribution in [0.3, 0.4) is 0 Å². The van der Waals surface area contributed by atoms with Crippen LogP contribution in [-0.2, 0) is 16.1 Å². The zero-order valence-electron chi connectivity index (χ0n) is 12.2. The fraction of sp³-hybridized carbons (Fsp3) is 0.125. The number of anilines is 1. The third-order valence-electron chi connectivity index (χ3n) is 3.37. The van der Waals surface area contributed by atoms with Crippen LogP contribution in [0.2, 0.25) is 0 Å². The van der Waals surface area contributed by atoms with E-state index in [4.69, 9.17) is 20.8 Å². The molecule has 1 aliphatic rings. The second kappa shape index (κ2) is 6.18. The Hall–Kier alpha value is -2.73. The molecule has 118 valence electrons. The van der Waals surface area contributed by atoms with Gasteiger partial charge in [0, 0.05) is 0 Å². The van der Waals surface area contributed by atoms with Crippen molar-refractivity contribution in [3.63, 3.8) is 0 Å². The molecular formula is C16H13ClN2O4. The number of methoxy groups -OCH3 is 1. The number of imide groups is 1. The van der Waals surface area contributed by atoms with Crippen LogP contribution in [-0.4, -0.2) is 18.9 Å². The summed E-state index contributed by atoms with van der Waals surface area (Å²) >= 11 is 6.04. The van der Waals surface area contributed by atoms with Gasteiger partial charge in [-0.15, -0.1) is 0 Å². The van der Waals surface area contributed by atoms with Gasteiger partial charge in [0.15, 0.2) is 0 Å². The van der Waals surface area contributed by atoms with Crippen LogP contribution in [0.15, 0.2) is 57.8 Å². The van der Waals surface area contributed by atoms with E-state index in [0.29, 0.717) is 17.2 Å². The number of ether oxygens (including phenoxy) is 1. The number of hydrogen-bond donors (Lipinski definition) is 1. The number of carbonyl (C=O) groups is 2. The molecule has 2 heterocycles. The summed E-state index contributed by atoms with van der Waals surface area (Å²) in [5.74, 6) is -0.0944. The molecule has 0 atom stereocenters. The molecule has 0 unspecified atom stereocenters. The molecule has 23 heavy (non-hydrogen) atoms. The Balaban J connectivity index is 1.86. The largest absolute Gasteiger partial charge is 0.495 e. The average Bonchev–Trinajstić information content (AvgIpc) is 3.15. The van der Waals surface area contributed by atoms with E-state index in [1.54, 1.807) is 36.4 Å². The second-order valence-electron chi connectivity index (χ2n) is 4.74. The van der Waals surface area contributed by atoms with Crippen molar-refractivity contribution in [1.29, 1.82) is 0 Å². The van der Waals surface area contributed by atoms with Gasteiger partial charge in [-0.3, -0.25) is 9.59 Å². The maximum atomic E-state index is 12.6. The van der Waals surface area contributed by atoms with Crippen molar-refractivity contribution in [3.8, 4) is 5.75 Å². The van der Waals surface area contributed by atoms with E-state index in [1.807, 2.05) is 0 Å². The standard InChI is InChI=1S/C16H13ClN2O4/c1-22-12-7-3-2-6-11(12)19-15(20)13(17)14(16(19)21)18-9-10-5-4-8-23-10/h2-8,18H,9H2,1H3. The van der Waals surface area contributed by atoms with Crippen LogP contribution in [0, 0.1) is 0 Å². The minimum Gasteiger partial charge on any atom is -0.495 e. The highest BCUT2D eigenvalue weighted by Gasteiger charge is 2.39. The van der Waals surface area contributed by atoms with E-state index in [-0.39, 0.29) is 17.3 Å². The molecular weight excluding hydrogens is 320 g/mol. The van der Waals surface area contributed by atoms with Crippen molar-refractivity contribution in [3.05, 3.63) is 59.2 Å². The summed E-state index contributed by atoms with van der Waals surface area (Å²) in [6.07, 6.45) is 1.52. The Kier molecular flexibility index (Phi) is 4.08. The van der Waals surface area contributed by atoms with Crippen LogP contribution in [0.4, 0.5) is 5.69 Å². The van der Waals surface area contributed by atoms with Crippen LogP contribution < -0.4 is 15.0 Å². The Labute approximate surface area is 137 Å². The number of hydrogen-bond acceptors (Lipinski definition) is 5. The summed E-state index contributed by atoms with van der Waals surface area (Å²) in [4.78, 5) is 25.9. The predicted octanol–water partition coefficient (Wildman–Crippen LogP) is 2.40. The van der Waals surface area contributed by atoms with Gasteiger partial charge in [-0.25, -0.2) is 4.90 Å². The molecule has 0 bridgehead atoms. The summed E-state index contributed by atoms with van der Waals surface area (Å²) in [6, 6.07) is 10.2. The van der Waals surface area contributed by atoms with E-state index >= 15 is 0 Å². The number of furan rings is 1. The lowest BCUT2D eigenvalue weighted by Gasteiger charge is -2.17. The molecule has 0 saturated heterocycles. The second-order valence-corrected chi connectivity index (χ2v) is 5.12. The molecule has 2 aromatic rings. The first kappa shape index (κ1) is 15.2. The van der Waals surface area contributed by atoms with Crippen molar-refractivity contribution in [2.24, 2.45) is 0 Å². The summed E-state index contributed by atoms with van der Waals surface area (Å²) in [5.41, 5.74) is 0.386. The topological polar surface area (TPSA) is 71.8 Å². The van der Waals surface area contributed by atoms with E-state index < -0.39 is 11.8 Å². The first-order valence-corrected chi connectivity index (χ1v) is 7.19. The number of para-hydroxylation sites is 2. The average molecular weight is 333 g/mol. The van der Waals surface area contributed by atoms with Gasteiger partial charge < -0.3 is 14.5 Å². The first-order valence-electron chi connectivity index (χ1n) is 6.81. The van der Waals surface area contributed by atoms with E-state index in [0.717, 1.165) is 4.90 Å². The molecule has 1 N–H and O–H groups in total. The Bertz CT molecular complexity index is 783. The Morgan fingerprint density at radius 1 is 1.17 bits per heavy atom. The monoisotopic (exact) mass is 332 g/mol. The maximum absolute atomic E-state index is 12.6. The van der Waals surface area contributed by atoms with Crippen LogP contribution in [0.1, 0.15) is 5.76 Å². The zero-order chi connectivity index (χ0) is 16.4. The molecule has 1 aliphatic heterocycles. The molecule has 0 aliphatic carbocycles. The Morgan fingerprint density at radius 2 is 1.96 bits per heavy atom. The number of nitrogens with zero attached hydrogens (tertiary/aromatic N) is 1. The number of carbonyl (C=O) groups excluding carboxylic acids is 2. The predicted molar refractivity (Wildman–Crippen MR) is 83.9 cm³/mol. The smallest absolute Gasteiger partial charge is 0.283 e. The SMILES string of the molecule is COc1ccccc1N1C(=O)C(Cl)=C(NCc2ccco2)C1=O. The number of halogens is 1. The van der Waals surface area contributed by atoms with Gasteiger partial charge in [0.2, 0.25) is 0 Å². The zero-order valence-corrected chi connectivity index (χ0v) is 13.0. The first-order chi connectivity index (χ1) is 11.1. The molecule has 0 fully saturated rings. The third-order valence-corrected chi connectivity index (χ3v) is 3.72. The van der Waals surface area contributed by atoms with Crippen molar-refractivity contribution in [2.45, 2.75) is 6.54 Å². The molecule has 0 radical (unpaired) electrons. The van der Waals surface area contributed by atoms with Gasteiger partial charge in [-0.1, -0.05) is 23.7 Å². The van der Waals surface area contributed by atoms with Gasteiger partial charge in [0.1, 0.15) is 22.2 Å².